The molecule has 2 aliphatic rings. The van der Waals surface area contributed by atoms with Crippen molar-refractivity contribution in [2.45, 2.75) is 78.2 Å². The fourth-order valence-corrected chi connectivity index (χ4v) is 9.05. The van der Waals surface area contributed by atoms with E-state index in [1.54, 1.807) is 7.11 Å². The molecule has 3 rings (SSSR count). The molecule has 0 radical (unpaired) electrons. The van der Waals surface area contributed by atoms with Crippen molar-refractivity contribution < 1.29 is 32.3 Å². The van der Waals surface area contributed by atoms with Crippen LogP contribution in [0, 0.1) is 11.3 Å². The number of hydrogen-bond acceptors (Lipinski definition) is 7. The Kier molecular flexibility index (Phi) is 8.84. The Morgan fingerprint density at radius 2 is 1.66 bits per heavy atom. The molecule has 1 unspecified atom stereocenters. The summed E-state index contributed by atoms with van der Waals surface area (Å²) in [5, 5.41) is 0. The van der Waals surface area contributed by atoms with Crippen molar-refractivity contribution >= 4 is 20.6 Å². The second kappa shape index (κ2) is 11.1. The van der Waals surface area contributed by atoms with E-state index < -0.39 is 14.2 Å². The molecular formula is C27H42O7Si. The van der Waals surface area contributed by atoms with E-state index in [-0.39, 0.29) is 23.1 Å². The lowest BCUT2D eigenvalue weighted by atomic mass is 9.49. The lowest BCUT2D eigenvalue weighted by Crippen LogP contribution is -2.54. The fourth-order valence-electron chi connectivity index (χ4n) is 6.47. The van der Waals surface area contributed by atoms with Gasteiger partial charge in [-0.05, 0) is 81.5 Å². The third-order valence-electron chi connectivity index (χ3n) is 8.09. The summed E-state index contributed by atoms with van der Waals surface area (Å²) in [4.78, 5) is 26.6. The Balaban J connectivity index is 2.08. The highest BCUT2D eigenvalue weighted by Gasteiger charge is 2.57. The van der Waals surface area contributed by atoms with E-state index in [1.165, 1.54) is 7.11 Å². The van der Waals surface area contributed by atoms with Gasteiger partial charge in [-0.3, -0.25) is 9.59 Å². The minimum atomic E-state index is -2.88. The van der Waals surface area contributed by atoms with Crippen LogP contribution in [-0.4, -0.2) is 54.6 Å². The minimum absolute atomic E-state index is 0.0775. The zero-order chi connectivity index (χ0) is 25.9. The molecule has 0 bridgehead atoms. The summed E-state index contributed by atoms with van der Waals surface area (Å²) in [6, 6.07) is 4.55. The molecule has 7 nitrogen and oxygen atoms in total. The van der Waals surface area contributed by atoms with Crippen LogP contribution in [0.4, 0.5) is 0 Å². The van der Waals surface area contributed by atoms with Crippen LogP contribution < -0.4 is 4.74 Å². The summed E-state index contributed by atoms with van der Waals surface area (Å²) in [6.45, 7) is 11.5. The number of benzene rings is 1. The van der Waals surface area contributed by atoms with Crippen LogP contribution in [0.2, 0.25) is 6.04 Å². The molecule has 35 heavy (non-hydrogen) atoms. The smallest absolute Gasteiger partial charge is 0.497 e. The number of ketones is 1. The van der Waals surface area contributed by atoms with Gasteiger partial charge in [0, 0.05) is 37.8 Å². The van der Waals surface area contributed by atoms with E-state index in [0.717, 1.165) is 41.7 Å². The second-order valence-electron chi connectivity index (χ2n) is 10.1. The number of aryl methyl sites for hydroxylation is 1. The first kappa shape index (κ1) is 27.8. The lowest BCUT2D eigenvalue weighted by molar-refractivity contribution is -0.160. The van der Waals surface area contributed by atoms with E-state index >= 15 is 0 Å². The van der Waals surface area contributed by atoms with Gasteiger partial charge in [-0.15, -0.1) is 0 Å². The zero-order valence-electron chi connectivity index (χ0n) is 22.5. The molecule has 2 aliphatic carbocycles. The molecule has 8 heteroatoms. The molecule has 1 fully saturated rings. The molecule has 0 N–H and O–H groups in total. The van der Waals surface area contributed by atoms with Crippen LogP contribution in [-0.2, 0) is 34.6 Å². The number of methoxy groups -OCH3 is 2. The number of hydrogen-bond donors (Lipinski definition) is 0. The van der Waals surface area contributed by atoms with Crippen LogP contribution >= 0.6 is 0 Å². The number of ether oxygens (including phenoxy) is 2. The Hall–Kier alpha value is -1.74. The van der Waals surface area contributed by atoms with Gasteiger partial charge in [0.2, 0.25) is 0 Å². The number of esters is 1. The second-order valence-corrected chi connectivity index (χ2v) is 12.8. The molecule has 0 amide bonds. The van der Waals surface area contributed by atoms with Crippen molar-refractivity contribution in [3.8, 4) is 5.75 Å². The van der Waals surface area contributed by atoms with Crippen molar-refractivity contribution in [1.29, 1.82) is 0 Å². The predicted octanol–water partition coefficient (Wildman–Crippen LogP) is 5.11. The van der Waals surface area contributed by atoms with E-state index in [0.29, 0.717) is 38.7 Å². The van der Waals surface area contributed by atoms with Gasteiger partial charge in [0.1, 0.15) is 5.75 Å². The molecule has 1 aromatic rings. The molecule has 1 saturated carbocycles. The first-order valence-electron chi connectivity index (χ1n) is 12.9. The monoisotopic (exact) mass is 506 g/mol. The maximum absolute atomic E-state index is 13.7. The predicted molar refractivity (Wildman–Crippen MR) is 136 cm³/mol. The maximum Gasteiger partial charge on any atom is 0.501 e. The lowest BCUT2D eigenvalue weighted by Gasteiger charge is -2.53. The van der Waals surface area contributed by atoms with Crippen LogP contribution in [0.1, 0.15) is 81.8 Å². The number of carbonyl (C=O) groups is 2. The Morgan fingerprint density at radius 1 is 1.03 bits per heavy atom. The summed E-state index contributed by atoms with van der Waals surface area (Å²) < 4.78 is 29.1. The van der Waals surface area contributed by atoms with Crippen LogP contribution in [0.15, 0.2) is 12.1 Å². The number of Topliss-reactive ketones (excluding diaryl/α,β-unsaturated/α-hetero) is 1. The summed E-state index contributed by atoms with van der Waals surface area (Å²) in [5.41, 5.74) is 1.66. The molecule has 0 spiro atoms. The van der Waals surface area contributed by atoms with Crippen molar-refractivity contribution in [3.05, 3.63) is 28.8 Å². The largest absolute Gasteiger partial charge is 0.501 e. The Bertz CT molecular complexity index is 915. The van der Waals surface area contributed by atoms with Gasteiger partial charge in [0.25, 0.3) is 0 Å². The standard InChI is InChI=1S/C27H42O7Si/c1-8-32-35(33-9-2,34-10-3)15-12-19-16-20(30-6)17-21-24(19)22(28)18-23-26(21,4)13-11-14-27(23,5)25(29)31-7/h16-17,23H,8-15,18H2,1-7H3/t23?,26-,27+/m1/s1. The summed E-state index contributed by atoms with van der Waals surface area (Å²) in [6.07, 6.45) is 3.46. The van der Waals surface area contributed by atoms with Gasteiger partial charge in [-0.2, -0.15) is 0 Å². The summed E-state index contributed by atoms with van der Waals surface area (Å²) >= 11 is 0. The SMILES string of the molecule is CCO[Si](CCc1cc(OC)cc2c1C(=O)CC1[C@@](C)(C(=O)OC)CCC[C@]21C)(OCC)OCC. The van der Waals surface area contributed by atoms with Crippen molar-refractivity contribution in [1.82, 2.24) is 0 Å². The van der Waals surface area contributed by atoms with Crippen LogP contribution in [0.25, 0.3) is 0 Å². The topological polar surface area (TPSA) is 80.3 Å². The van der Waals surface area contributed by atoms with Gasteiger partial charge < -0.3 is 22.8 Å². The van der Waals surface area contributed by atoms with Gasteiger partial charge in [-0.1, -0.05) is 13.3 Å². The molecule has 0 heterocycles. The maximum atomic E-state index is 13.7. The van der Waals surface area contributed by atoms with Gasteiger partial charge >= 0.3 is 14.8 Å². The van der Waals surface area contributed by atoms with Crippen molar-refractivity contribution in [3.63, 3.8) is 0 Å². The molecular weight excluding hydrogens is 464 g/mol. The Labute approximate surface area is 211 Å². The highest BCUT2D eigenvalue weighted by Crippen LogP contribution is 2.58. The third kappa shape index (κ3) is 5.08. The third-order valence-corrected chi connectivity index (χ3v) is 11.1. The van der Waals surface area contributed by atoms with E-state index in [2.05, 4.69) is 6.92 Å². The molecule has 0 aliphatic heterocycles. The summed E-state index contributed by atoms with van der Waals surface area (Å²) in [5.74, 6) is 0.442. The van der Waals surface area contributed by atoms with E-state index in [9.17, 15) is 9.59 Å². The van der Waals surface area contributed by atoms with Crippen LogP contribution in [0.3, 0.4) is 0 Å². The van der Waals surface area contributed by atoms with Crippen LogP contribution in [0.5, 0.6) is 5.75 Å². The summed E-state index contributed by atoms with van der Waals surface area (Å²) in [7, 11) is 0.200. The average molecular weight is 507 g/mol. The number of fused-ring (bicyclic) bond motifs is 3. The molecule has 196 valence electrons. The zero-order valence-corrected chi connectivity index (χ0v) is 23.5. The van der Waals surface area contributed by atoms with E-state index in [1.807, 2.05) is 39.8 Å². The van der Waals surface area contributed by atoms with E-state index in [4.69, 9.17) is 22.8 Å². The minimum Gasteiger partial charge on any atom is -0.497 e. The first-order chi connectivity index (χ1) is 16.6. The average Bonchev–Trinajstić information content (AvgIpc) is 2.84. The number of carbonyl (C=O) groups excluding carboxylic acids is 2. The van der Waals surface area contributed by atoms with Gasteiger partial charge in [-0.25, -0.2) is 0 Å². The fraction of sp³-hybridized carbons (Fsp3) is 0.704. The molecule has 0 aromatic heterocycles. The highest BCUT2D eigenvalue weighted by atomic mass is 28.4. The van der Waals surface area contributed by atoms with Gasteiger partial charge in [0.05, 0.1) is 19.6 Å². The highest BCUT2D eigenvalue weighted by molar-refractivity contribution is 6.60. The molecule has 3 atom stereocenters. The number of rotatable bonds is 11. The molecule has 0 saturated heterocycles. The van der Waals surface area contributed by atoms with Crippen molar-refractivity contribution in [2.75, 3.05) is 34.0 Å². The quantitative estimate of drug-likeness (QED) is 0.305. The Morgan fingerprint density at radius 3 is 2.20 bits per heavy atom. The van der Waals surface area contributed by atoms with Gasteiger partial charge in [0.15, 0.2) is 5.78 Å². The molecule has 1 aromatic carbocycles. The van der Waals surface area contributed by atoms with Crippen molar-refractivity contribution in [2.24, 2.45) is 11.3 Å². The normalized spacial score (nSPS) is 26.1. The first-order valence-corrected chi connectivity index (χ1v) is 14.8.